The molecule has 348 valence electrons. The van der Waals surface area contributed by atoms with Gasteiger partial charge in [-0.1, -0.05) is 235 Å². The third-order valence-corrected chi connectivity index (χ3v) is 12.6. The van der Waals surface area contributed by atoms with Crippen LogP contribution in [0.2, 0.25) is 0 Å². The molecule has 0 heterocycles. The number of carboxylic acid groups (broad SMARTS) is 2. The number of aliphatic carboxylic acids is 2. The number of carbonyl (C=O) groups is 2. The molecule has 4 unspecified atom stereocenters. The number of carbonyl (C=O) groups excluding carboxylic acids is 2. The van der Waals surface area contributed by atoms with Crippen molar-refractivity contribution < 1.29 is 19.8 Å². The van der Waals surface area contributed by atoms with Crippen molar-refractivity contribution in [1.29, 1.82) is 0 Å². The molecule has 0 N–H and O–H groups in total. The average molecular weight is 861 g/mol. The standard InChI is InChI=1S/2C26H53NO2.Ca/c2*1-5-9-11-13-15-17-21-24(19-7-3)27(23-26(28)29)25(20-8-4)22-18-16-14-12-10-6-2;/h2*24-25H,5-23H2,1-4H3,(H,28,29);/q;;+2/p-2. The Morgan fingerprint density at radius 2 is 0.492 bits per heavy atom. The summed E-state index contributed by atoms with van der Waals surface area (Å²) in [6.07, 6.45) is 44.7. The predicted octanol–water partition coefficient (Wildman–Crippen LogP) is 13.4. The number of unbranched alkanes of at least 4 members (excludes halogenated alkanes) is 20. The second-order valence-corrected chi connectivity index (χ2v) is 18.1. The molecule has 59 heavy (non-hydrogen) atoms. The van der Waals surface area contributed by atoms with E-state index >= 15 is 0 Å². The molecule has 0 aliphatic rings. The summed E-state index contributed by atoms with van der Waals surface area (Å²) in [5.74, 6) is -1.81. The number of hydrogen-bond acceptors (Lipinski definition) is 6. The average Bonchev–Trinajstić information content (AvgIpc) is 3.20. The van der Waals surface area contributed by atoms with Crippen molar-refractivity contribution in [3.63, 3.8) is 0 Å². The molecule has 4 atom stereocenters. The molecule has 0 saturated heterocycles. The fourth-order valence-corrected chi connectivity index (χ4v) is 9.29. The van der Waals surface area contributed by atoms with E-state index < -0.39 is 11.9 Å². The molecule has 0 aliphatic carbocycles. The molecule has 0 amide bonds. The number of hydrogen-bond donors (Lipinski definition) is 0. The van der Waals surface area contributed by atoms with Crippen LogP contribution in [-0.2, 0) is 9.59 Å². The fraction of sp³-hybridized carbons (Fsp3) is 0.962. The minimum absolute atomic E-state index is 0. The maximum Gasteiger partial charge on any atom is 2.00 e. The Hall–Kier alpha value is 0.120. The van der Waals surface area contributed by atoms with E-state index in [1.54, 1.807) is 0 Å². The van der Waals surface area contributed by atoms with Crippen LogP contribution in [0.5, 0.6) is 0 Å². The Bertz CT molecular complexity index is 741. The van der Waals surface area contributed by atoms with Gasteiger partial charge in [0.1, 0.15) is 0 Å². The van der Waals surface area contributed by atoms with E-state index in [0.29, 0.717) is 24.2 Å². The fourth-order valence-electron chi connectivity index (χ4n) is 9.29. The Balaban J connectivity index is -0.00000105. The Labute approximate surface area is 400 Å². The molecule has 0 rings (SSSR count). The monoisotopic (exact) mass is 861 g/mol. The Kier molecular flexibility index (Phi) is 52.8. The molecule has 7 heteroatoms. The van der Waals surface area contributed by atoms with E-state index in [0.717, 1.165) is 77.0 Å². The molecule has 0 aliphatic heterocycles. The van der Waals surface area contributed by atoms with Gasteiger partial charge in [0.15, 0.2) is 0 Å². The van der Waals surface area contributed by atoms with Crippen LogP contribution in [0.15, 0.2) is 0 Å². The first-order valence-electron chi connectivity index (χ1n) is 26.1. The molecule has 0 radical (unpaired) electrons. The summed E-state index contributed by atoms with van der Waals surface area (Å²) in [5, 5.41) is 23.1. The molecule has 0 spiro atoms. The topological polar surface area (TPSA) is 86.7 Å². The first-order chi connectivity index (χ1) is 28.2. The molecule has 0 aromatic carbocycles. The van der Waals surface area contributed by atoms with Crippen molar-refractivity contribution in [2.24, 2.45) is 0 Å². The van der Waals surface area contributed by atoms with Gasteiger partial charge < -0.3 is 19.8 Å². The zero-order valence-electron chi connectivity index (χ0n) is 41.4. The smallest absolute Gasteiger partial charge is 0.549 e. The van der Waals surface area contributed by atoms with Crippen molar-refractivity contribution in [3.8, 4) is 0 Å². The first-order valence-corrected chi connectivity index (χ1v) is 26.1. The zero-order chi connectivity index (χ0) is 43.5. The molecule has 0 saturated carbocycles. The number of rotatable bonds is 44. The van der Waals surface area contributed by atoms with Gasteiger partial charge in [-0.15, -0.1) is 0 Å². The third kappa shape index (κ3) is 39.4. The molecule has 0 aromatic rings. The number of carboxylic acids is 2. The van der Waals surface area contributed by atoms with Gasteiger partial charge in [0.25, 0.3) is 0 Å². The van der Waals surface area contributed by atoms with Gasteiger partial charge in [0, 0.05) is 37.3 Å². The van der Waals surface area contributed by atoms with Crippen LogP contribution in [0.25, 0.3) is 0 Å². The van der Waals surface area contributed by atoms with E-state index in [1.165, 1.54) is 154 Å². The van der Waals surface area contributed by atoms with Crippen molar-refractivity contribution in [2.75, 3.05) is 13.1 Å². The van der Waals surface area contributed by atoms with Crippen molar-refractivity contribution in [1.82, 2.24) is 9.80 Å². The first kappa shape index (κ1) is 63.4. The molecular formula is C52H104CaN2O4. The SMILES string of the molecule is CCCCCCCCC(CCC)N(CC(=O)[O-])C(CCC)CCCCCCCC.CCCCCCCCC(CCC)N(CC(=O)[O-])C(CCC)CCCCCCCC.[Ca+2]. The Morgan fingerprint density at radius 3 is 0.661 bits per heavy atom. The van der Waals surface area contributed by atoms with E-state index in [4.69, 9.17) is 0 Å². The maximum atomic E-state index is 11.6. The van der Waals surface area contributed by atoms with Gasteiger partial charge >= 0.3 is 37.7 Å². The molecule has 0 fully saturated rings. The van der Waals surface area contributed by atoms with Crippen LogP contribution in [0.3, 0.4) is 0 Å². The quantitative estimate of drug-likeness (QED) is 0.0448. The summed E-state index contributed by atoms with van der Waals surface area (Å²) in [7, 11) is 0. The van der Waals surface area contributed by atoms with Crippen LogP contribution in [0, 0.1) is 0 Å². The van der Waals surface area contributed by atoms with Crippen molar-refractivity contribution >= 4 is 49.7 Å². The van der Waals surface area contributed by atoms with Gasteiger partial charge in [0.05, 0.1) is 11.9 Å². The second kappa shape index (κ2) is 49.1. The molecule has 0 aromatic heterocycles. The van der Waals surface area contributed by atoms with Gasteiger partial charge in [-0.05, 0) is 51.4 Å². The summed E-state index contributed by atoms with van der Waals surface area (Å²) >= 11 is 0. The van der Waals surface area contributed by atoms with Crippen LogP contribution < -0.4 is 10.2 Å². The predicted molar refractivity (Wildman–Crippen MR) is 256 cm³/mol. The summed E-state index contributed by atoms with van der Waals surface area (Å²) < 4.78 is 0. The largest absolute Gasteiger partial charge is 2.00 e. The third-order valence-electron chi connectivity index (χ3n) is 12.6. The minimum atomic E-state index is -0.905. The van der Waals surface area contributed by atoms with Crippen LogP contribution >= 0.6 is 0 Å². The van der Waals surface area contributed by atoms with E-state index in [-0.39, 0.29) is 50.8 Å². The second-order valence-electron chi connectivity index (χ2n) is 18.1. The van der Waals surface area contributed by atoms with Gasteiger partial charge in [-0.3, -0.25) is 9.80 Å². The van der Waals surface area contributed by atoms with Crippen molar-refractivity contribution in [3.05, 3.63) is 0 Å². The summed E-state index contributed by atoms with van der Waals surface area (Å²) in [4.78, 5) is 27.8. The molecule has 0 bridgehead atoms. The maximum absolute atomic E-state index is 11.6. The van der Waals surface area contributed by atoms with E-state index in [9.17, 15) is 19.8 Å². The number of nitrogens with zero attached hydrogens (tertiary/aromatic N) is 2. The van der Waals surface area contributed by atoms with Crippen LogP contribution in [0.4, 0.5) is 0 Å². The summed E-state index contributed by atoms with van der Waals surface area (Å²) in [6.45, 7) is 18.2. The Morgan fingerprint density at radius 1 is 0.305 bits per heavy atom. The normalized spacial score (nSPS) is 13.5. The van der Waals surface area contributed by atoms with Gasteiger partial charge in [-0.2, -0.15) is 0 Å². The van der Waals surface area contributed by atoms with E-state index in [1.807, 2.05) is 0 Å². The van der Waals surface area contributed by atoms with Gasteiger partial charge in [0.2, 0.25) is 0 Å². The molecular weight excluding hydrogens is 757 g/mol. The summed E-state index contributed by atoms with van der Waals surface area (Å²) in [5.41, 5.74) is 0. The zero-order valence-corrected chi connectivity index (χ0v) is 43.6. The van der Waals surface area contributed by atoms with Crippen LogP contribution in [0.1, 0.15) is 287 Å². The van der Waals surface area contributed by atoms with Crippen molar-refractivity contribution in [2.45, 2.75) is 311 Å². The molecule has 6 nitrogen and oxygen atoms in total. The minimum Gasteiger partial charge on any atom is -0.549 e. The summed E-state index contributed by atoms with van der Waals surface area (Å²) in [6, 6.07) is 1.61. The van der Waals surface area contributed by atoms with Gasteiger partial charge in [-0.25, -0.2) is 0 Å². The van der Waals surface area contributed by atoms with Crippen LogP contribution in [-0.4, -0.2) is 96.7 Å². The van der Waals surface area contributed by atoms with E-state index in [2.05, 4.69) is 65.2 Å².